The highest BCUT2D eigenvalue weighted by molar-refractivity contribution is 5.27. The lowest BCUT2D eigenvalue weighted by atomic mass is 9.77. The fourth-order valence-electron chi connectivity index (χ4n) is 2.93. The first kappa shape index (κ1) is 16.1. The van der Waals surface area contributed by atoms with E-state index in [0.717, 1.165) is 31.2 Å². The number of likely N-dealkylation sites (N-methyl/N-ethyl adjacent to an activating group) is 1. The maximum Gasteiger partial charge on any atom is 0.123 e. The number of nitrogens with zero attached hydrogens (tertiary/aromatic N) is 1. The van der Waals surface area contributed by atoms with E-state index in [9.17, 15) is 4.39 Å². The molecule has 0 amide bonds. The Balaban J connectivity index is 3.16. The van der Waals surface area contributed by atoms with Crippen LogP contribution in [0.15, 0.2) is 24.3 Å². The maximum atomic E-state index is 13.1. The van der Waals surface area contributed by atoms with Gasteiger partial charge in [-0.3, -0.25) is 0 Å². The summed E-state index contributed by atoms with van der Waals surface area (Å²) < 4.78 is 13.1. The summed E-state index contributed by atoms with van der Waals surface area (Å²) in [6.07, 6.45) is 4.05. The Labute approximate surface area is 116 Å². The van der Waals surface area contributed by atoms with E-state index in [1.807, 2.05) is 12.1 Å². The van der Waals surface area contributed by atoms with Crippen LogP contribution >= 0.6 is 0 Å². The predicted octanol–water partition coefficient (Wildman–Crippen LogP) is 3.51. The lowest BCUT2D eigenvalue weighted by Gasteiger charge is -2.42. The van der Waals surface area contributed by atoms with Gasteiger partial charge in [0.05, 0.1) is 5.54 Å². The Morgan fingerprint density at radius 2 is 1.74 bits per heavy atom. The van der Waals surface area contributed by atoms with Crippen LogP contribution in [0.1, 0.15) is 45.1 Å². The summed E-state index contributed by atoms with van der Waals surface area (Å²) in [5.41, 5.74) is 7.36. The molecular formula is C16H27FN2. The van der Waals surface area contributed by atoms with Crippen molar-refractivity contribution in [2.24, 2.45) is 5.73 Å². The normalized spacial score (nSPS) is 16.4. The van der Waals surface area contributed by atoms with E-state index in [1.165, 1.54) is 12.1 Å². The van der Waals surface area contributed by atoms with Crippen LogP contribution in [0.5, 0.6) is 0 Å². The largest absolute Gasteiger partial charge is 0.320 e. The highest BCUT2D eigenvalue weighted by atomic mass is 19.1. The van der Waals surface area contributed by atoms with Crippen molar-refractivity contribution in [1.29, 1.82) is 0 Å². The Hall–Kier alpha value is -0.930. The van der Waals surface area contributed by atoms with E-state index >= 15 is 0 Å². The second-order valence-electron chi connectivity index (χ2n) is 5.57. The Bertz CT molecular complexity index is 375. The number of nitrogens with two attached hydrogens (primary N) is 1. The van der Waals surface area contributed by atoms with Crippen molar-refractivity contribution in [3.8, 4) is 0 Å². The van der Waals surface area contributed by atoms with Crippen molar-refractivity contribution < 1.29 is 4.39 Å². The SMILES string of the molecule is CCCC(N(C)C)C(N)(CCC)c1ccc(F)cc1. The molecule has 1 aromatic carbocycles. The molecule has 1 rings (SSSR count). The van der Waals surface area contributed by atoms with Gasteiger partial charge in [-0.05, 0) is 44.6 Å². The highest BCUT2D eigenvalue weighted by Gasteiger charge is 2.36. The van der Waals surface area contributed by atoms with Crippen molar-refractivity contribution in [3.63, 3.8) is 0 Å². The molecule has 2 N–H and O–H groups in total. The third-order valence-corrected chi connectivity index (χ3v) is 3.83. The lowest BCUT2D eigenvalue weighted by molar-refractivity contribution is 0.153. The molecule has 2 atom stereocenters. The number of halogens is 1. The van der Waals surface area contributed by atoms with Crippen molar-refractivity contribution in [3.05, 3.63) is 35.6 Å². The van der Waals surface area contributed by atoms with E-state index in [2.05, 4.69) is 32.8 Å². The Kier molecular flexibility index (Phi) is 5.95. The summed E-state index contributed by atoms with van der Waals surface area (Å²) in [5, 5.41) is 0. The minimum atomic E-state index is -0.415. The first-order chi connectivity index (χ1) is 8.95. The van der Waals surface area contributed by atoms with Gasteiger partial charge in [-0.1, -0.05) is 38.8 Å². The van der Waals surface area contributed by atoms with Crippen molar-refractivity contribution in [1.82, 2.24) is 4.90 Å². The van der Waals surface area contributed by atoms with E-state index in [-0.39, 0.29) is 11.9 Å². The van der Waals surface area contributed by atoms with E-state index in [4.69, 9.17) is 5.73 Å². The third kappa shape index (κ3) is 3.77. The topological polar surface area (TPSA) is 29.3 Å². The average Bonchev–Trinajstić information content (AvgIpc) is 2.36. The summed E-state index contributed by atoms with van der Waals surface area (Å²) in [6.45, 7) is 4.32. The van der Waals surface area contributed by atoms with E-state index < -0.39 is 5.54 Å². The molecule has 0 radical (unpaired) electrons. The summed E-state index contributed by atoms with van der Waals surface area (Å²) >= 11 is 0. The van der Waals surface area contributed by atoms with Crippen LogP contribution in [-0.4, -0.2) is 25.0 Å². The zero-order valence-electron chi connectivity index (χ0n) is 12.6. The zero-order chi connectivity index (χ0) is 14.5. The van der Waals surface area contributed by atoms with Crippen LogP contribution in [0.2, 0.25) is 0 Å². The van der Waals surface area contributed by atoms with Gasteiger partial charge in [0.25, 0.3) is 0 Å². The molecule has 1 aromatic rings. The molecule has 108 valence electrons. The van der Waals surface area contributed by atoms with Gasteiger partial charge in [-0.2, -0.15) is 0 Å². The van der Waals surface area contributed by atoms with Crippen LogP contribution < -0.4 is 5.73 Å². The van der Waals surface area contributed by atoms with E-state index in [1.54, 1.807) is 0 Å². The van der Waals surface area contributed by atoms with Gasteiger partial charge in [-0.25, -0.2) is 4.39 Å². The van der Waals surface area contributed by atoms with Gasteiger partial charge in [0.15, 0.2) is 0 Å². The molecule has 0 heterocycles. The molecule has 3 heteroatoms. The summed E-state index contributed by atoms with van der Waals surface area (Å²) in [7, 11) is 4.14. The summed E-state index contributed by atoms with van der Waals surface area (Å²) in [5.74, 6) is -0.209. The van der Waals surface area contributed by atoms with Crippen molar-refractivity contribution >= 4 is 0 Å². The molecule has 0 saturated carbocycles. The van der Waals surface area contributed by atoms with Crippen molar-refractivity contribution in [2.75, 3.05) is 14.1 Å². The van der Waals surface area contributed by atoms with Crippen molar-refractivity contribution in [2.45, 2.75) is 51.1 Å². The minimum absolute atomic E-state index is 0.209. The first-order valence-corrected chi connectivity index (χ1v) is 7.17. The molecule has 0 aliphatic rings. The van der Waals surface area contributed by atoms with Gasteiger partial charge < -0.3 is 10.6 Å². The number of rotatable bonds is 7. The van der Waals surface area contributed by atoms with Crippen LogP contribution in [-0.2, 0) is 5.54 Å². The highest BCUT2D eigenvalue weighted by Crippen LogP contribution is 2.32. The molecule has 0 aliphatic heterocycles. The van der Waals surface area contributed by atoms with Gasteiger partial charge in [0.1, 0.15) is 5.82 Å². The number of hydrogen-bond acceptors (Lipinski definition) is 2. The zero-order valence-corrected chi connectivity index (χ0v) is 12.6. The third-order valence-electron chi connectivity index (χ3n) is 3.83. The van der Waals surface area contributed by atoms with Crippen LogP contribution in [0.4, 0.5) is 4.39 Å². The molecular weight excluding hydrogens is 239 g/mol. The van der Waals surface area contributed by atoms with Gasteiger partial charge in [0, 0.05) is 6.04 Å². The molecule has 2 unspecified atom stereocenters. The molecule has 0 fully saturated rings. The molecule has 0 bridgehead atoms. The first-order valence-electron chi connectivity index (χ1n) is 7.17. The number of hydrogen-bond donors (Lipinski definition) is 1. The predicted molar refractivity (Wildman–Crippen MR) is 79.6 cm³/mol. The Morgan fingerprint density at radius 3 is 2.16 bits per heavy atom. The number of benzene rings is 1. The molecule has 2 nitrogen and oxygen atoms in total. The van der Waals surface area contributed by atoms with Crippen LogP contribution in [0.3, 0.4) is 0 Å². The fourth-order valence-corrected chi connectivity index (χ4v) is 2.93. The molecule has 0 spiro atoms. The standard InChI is InChI=1S/C16H27FN2/c1-5-7-15(19(3)4)16(18,12-6-2)13-8-10-14(17)11-9-13/h8-11,15H,5-7,12,18H2,1-4H3. The Morgan fingerprint density at radius 1 is 1.16 bits per heavy atom. The smallest absolute Gasteiger partial charge is 0.123 e. The lowest BCUT2D eigenvalue weighted by Crippen LogP contribution is -2.54. The summed E-state index contributed by atoms with van der Waals surface area (Å²) in [6, 6.07) is 6.94. The molecule has 0 aliphatic carbocycles. The van der Waals surface area contributed by atoms with Crippen LogP contribution in [0, 0.1) is 5.82 Å². The molecule has 0 saturated heterocycles. The molecule has 19 heavy (non-hydrogen) atoms. The second-order valence-corrected chi connectivity index (χ2v) is 5.57. The summed E-state index contributed by atoms with van der Waals surface area (Å²) in [4.78, 5) is 2.20. The average molecular weight is 266 g/mol. The minimum Gasteiger partial charge on any atom is -0.320 e. The fraction of sp³-hybridized carbons (Fsp3) is 0.625. The monoisotopic (exact) mass is 266 g/mol. The quantitative estimate of drug-likeness (QED) is 0.818. The van der Waals surface area contributed by atoms with Gasteiger partial charge in [-0.15, -0.1) is 0 Å². The second kappa shape index (κ2) is 7.01. The van der Waals surface area contributed by atoms with Gasteiger partial charge >= 0.3 is 0 Å². The van der Waals surface area contributed by atoms with Gasteiger partial charge in [0.2, 0.25) is 0 Å². The molecule has 0 aromatic heterocycles. The maximum absolute atomic E-state index is 13.1. The van der Waals surface area contributed by atoms with E-state index in [0.29, 0.717) is 0 Å². The van der Waals surface area contributed by atoms with Crippen LogP contribution in [0.25, 0.3) is 0 Å².